The first-order chi connectivity index (χ1) is 11.7. The van der Waals surface area contributed by atoms with Gasteiger partial charge in [-0.05, 0) is 30.5 Å². The molecule has 0 fully saturated rings. The van der Waals surface area contributed by atoms with Crippen molar-refractivity contribution in [1.82, 2.24) is 4.98 Å². The minimum atomic E-state index is -0.000111. The Balaban J connectivity index is 1.57. The van der Waals surface area contributed by atoms with Crippen LogP contribution in [0.15, 0.2) is 46.2 Å². The zero-order valence-electron chi connectivity index (χ0n) is 13.2. The first kappa shape index (κ1) is 15.0. The van der Waals surface area contributed by atoms with Gasteiger partial charge in [-0.3, -0.25) is 4.79 Å². The normalized spacial score (nSPS) is 13.5. The van der Waals surface area contributed by atoms with Crippen molar-refractivity contribution >= 4 is 22.9 Å². The predicted octanol–water partition coefficient (Wildman–Crippen LogP) is 3.68. The molecule has 0 atom stereocenters. The van der Waals surface area contributed by atoms with Crippen LogP contribution in [0, 0.1) is 6.92 Å². The summed E-state index contributed by atoms with van der Waals surface area (Å²) in [5, 5.41) is 1.98. The molecule has 122 valence electrons. The van der Waals surface area contributed by atoms with Gasteiger partial charge in [0.25, 0.3) is 0 Å². The largest absolute Gasteiger partial charge is 0.490 e. The van der Waals surface area contributed by atoms with E-state index in [0.717, 1.165) is 16.3 Å². The molecule has 0 aliphatic carbocycles. The molecule has 0 saturated carbocycles. The lowest BCUT2D eigenvalue weighted by atomic mass is 10.2. The lowest BCUT2D eigenvalue weighted by Gasteiger charge is -2.29. The number of ether oxygens (including phenoxy) is 1. The van der Waals surface area contributed by atoms with E-state index in [-0.39, 0.29) is 12.3 Å². The van der Waals surface area contributed by atoms with E-state index in [2.05, 4.69) is 4.98 Å². The van der Waals surface area contributed by atoms with E-state index in [4.69, 9.17) is 9.15 Å². The Morgan fingerprint density at radius 2 is 2.17 bits per heavy atom. The summed E-state index contributed by atoms with van der Waals surface area (Å²) in [7, 11) is 0. The summed E-state index contributed by atoms with van der Waals surface area (Å²) >= 11 is 1.57. The number of aromatic nitrogens is 1. The molecule has 0 N–H and O–H groups in total. The molecule has 24 heavy (non-hydrogen) atoms. The summed E-state index contributed by atoms with van der Waals surface area (Å²) in [5.41, 5.74) is 1.50. The first-order valence-electron chi connectivity index (χ1n) is 7.75. The molecule has 1 amide bonds. The zero-order chi connectivity index (χ0) is 16.5. The maximum atomic E-state index is 12.8. The summed E-state index contributed by atoms with van der Waals surface area (Å²) < 4.78 is 11.3. The second-order valence-corrected chi connectivity index (χ2v) is 6.49. The van der Waals surface area contributed by atoms with Gasteiger partial charge in [0.05, 0.1) is 29.2 Å². The van der Waals surface area contributed by atoms with Crippen molar-refractivity contribution in [2.24, 2.45) is 0 Å². The van der Waals surface area contributed by atoms with Gasteiger partial charge in [-0.1, -0.05) is 18.2 Å². The van der Waals surface area contributed by atoms with Crippen molar-refractivity contribution in [3.05, 3.63) is 53.2 Å². The Hall–Kier alpha value is -2.60. The third-order valence-electron chi connectivity index (χ3n) is 3.97. The zero-order valence-corrected chi connectivity index (χ0v) is 14.0. The molecule has 4 rings (SSSR count). The van der Waals surface area contributed by atoms with Crippen LogP contribution >= 0.6 is 11.3 Å². The number of oxazole rings is 1. The van der Waals surface area contributed by atoms with Crippen LogP contribution in [0.5, 0.6) is 5.75 Å². The van der Waals surface area contributed by atoms with E-state index in [0.29, 0.717) is 30.5 Å². The first-order valence-corrected chi connectivity index (χ1v) is 8.63. The van der Waals surface area contributed by atoms with Gasteiger partial charge in [0.1, 0.15) is 18.1 Å². The highest BCUT2D eigenvalue weighted by Gasteiger charge is 2.25. The lowest BCUT2D eigenvalue weighted by Crippen LogP contribution is -2.39. The van der Waals surface area contributed by atoms with Crippen LogP contribution in [0.3, 0.4) is 0 Å². The molecule has 5 nitrogen and oxygen atoms in total. The quantitative estimate of drug-likeness (QED) is 0.730. The van der Waals surface area contributed by atoms with Crippen LogP contribution in [0.25, 0.3) is 10.8 Å². The minimum absolute atomic E-state index is 0.000111. The molecule has 3 aromatic rings. The highest BCUT2D eigenvalue weighted by atomic mass is 32.1. The second-order valence-electron chi connectivity index (χ2n) is 5.54. The monoisotopic (exact) mass is 340 g/mol. The molecule has 1 aliphatic heterocycles. The van der Waals surface area contributed by atoms with Crippen molar-refractivity contribution in [2.45, 2.75) is 13.3 Å². The van der Waals surface area contributed by atoms with E-state index < -0.39 is 0 Å². The Morgan fingerprint density at radius 1 is 1.29 bits per heavy atom. The van der Waals surface area contributed by atoms with Crippen LogP contribution < -0.4 is 9.64 Å². The molecule has 1 aliphatic rings. The molecule has 3 heterocycles. The van der Waals surface area contributed by atoms with Crippen molar-refractivity contribution in [3.63, 3.8) is 0 Å². The van der Waals surface area contributed by atoms with E-state index in [1.54, 1.807) is 16.2 Å². The molecule has 2 aromatic heterocycles. The third-order valence-corrected chi connectivity index (χ3v) is 4.83. The number of carbonyl (C=O) groups excluding carboxylic acids is 1. The fraction of sp³-hybridized carbons (Fsp3) is 0.222. The van der Waals surface area contributed by atoms with Crippen LogP contribution in [-0.2, 0) is 11.2 Å². The van der Waals surface area contributed by atoms with Crippen LogP contribution in [0.4, 0.5) is 5.69 Å². The average Bonchev–Trinajstić information content (AvgIpc) is 3.25. The molecule has 0 radical (unpaired) electrons. The highest BCUT2D eigenvalue weighted by molar-refractivity contribution is 7.13. The average molecular weight is 340 g/mol. The SMILES string of the molecule is Cc1oc(-c2cccs2)nc1CC(=O)N1CCOc2ccccc21. The van der Waals surface area contributed by atoms with Crippen LogP contribution in [-0.4, -0.2) is 24.0 Å². The number of hydrogen-bond acceptors (Lipinski definition) is 5. The summed E-state index contributed by atoms with van der Waals surface area (Å²) in [6.45, 7) is 2.89. The van der Waals surface area contributed by atoms with Gasteiger partial charge in [-0.2, -0.15) is 0 Å². The van der Waals surface area contributed by atoms with Crippen LogP contribution in [0.2, 0.25) is 0 Å². The number of nitrogens with zero attached hydrogens (tertiary/aromatic N) is 2. The van der Waals surface area contributed by atoms with Gasteiger partial charge in [-0.25, -0.2) is 4.98 Å². The summed E-state index contributed by atoms with van der Waals surface area (Å²) in [6.07, 6.45) is 0.217. The Morgan fingerprint density at radius 3 is 3.00 bits per heavy atom. The number of hydrogen-bond donors (Lipinski definition) is 0. The standard InChI is InChI=1S/C18H16N2O3S/c1-12-13(19-18(23-12)16-7-4-10-24-16)11-17(21)20-8-9-22-15-6-3-2-5-14(15)20/h2-7,10H,8-9,11H2,1H3. The van der Waals surface area contributed by atoms with Gasteiger partial charge >= 0.3 is 0 Å². The number of aryl methyl sites for hydroxylation is 1. The second kappa shape index (κ2) is 6.13. The fourth-order valence-electron chi connectivity index (χ4n) is 2.76. The summed E-state index contributed by atoms with van der Waals surface area (Å²) in [6, 6.07) is 11.5. The van der Waals surface area contributed by atoms with Gasteiger partial charge in [-0.15, -0.1) is 11.3 Å². The van der Waals surface area contributed by atoms with Crippen molar-refractivity contribution in [1.29, 1.82) is 0 Å². The van der Waals surface area contributed by atoms with Gasteiger partial charge < -0.3 is 14.1 Å². The smallest absolute Gasteiger partial charge is 0.236 e. The highest BCUT2D eigenvalue weighted by Crippen LogP contribution is 2.32. The summed E-state index contributed by atoms with van der Waals surface area (Å²) in [5.74, 6) is 2.01. The number of benzene rings is 1. The topological polar surface area (TPSA) is 55.6 Å². The maximum Gasteiger partial charge on any atom is 0.236 e. The van der Waals surface area contributed by atoms with Gasteiger partial charge in [0, 0.05) is 0 Å². The van der Waals surface area contributed by atoms with Crippen molar-refractivity contribution in [2.75, 3.05) is 18.1 Å². The molecule has 1 aromatic carbocycles. The molecule has 0 spiro atoms. The van der Waals surface area contributed by atoms with E-state index in [1.165, 1.54) is 0 Å². The van der Waals surface area contributed by atoms with E-state index >= 15 is 0 Å². The number of rotatable bonds is 3. The molecule has 6 heteroatoms. The molecule has 0 unspecified atom stereocenters. The molecule has 0 saturated heterocycles. The van der Waals surface area contributed by atoms with E-state index in [9.17, 15) is 4.79 Å². The minimum Gasteiger partial charge on any atom is -0.490 e. The Labute approximate surface area is 143 Å². The lowest BCUT2D eigenvalue weighted by molar-refractivity contribution is -0.118. The Kier molecular flexibility index (Phi) is 3.82. The molecule has 0 bridgehead atoms. The number of thiophene rings is 1. The number of para-hydroxylation sites is 2. The van der Waals surface area contributed by atoms with Gasteiger partial charge in [0.15, 0.2) is 0 Å². The van der Waals surface area contributed by atoms with E-state index in [1.807, 2.05) is 48.7 Å². The molecular weight excluding hydrogens is 324 g/mol. The fourth-order valence-corrected chi connectivity index (χ4v) is 3.41. The molecular formula is C18H16N2O3S. The third kappa shape index (κ3) is 2.69. The predicted molar refractivity (Wildman–Crippen MR) is 92.5 cm³/mol. The number of amides is 1. The summed E-state index contributed by atoms with van der Waals surface area (Å²) in [4.78, 5) is 20.0. The number of anilines is 1. The Bertz CT molecular complexity index is 870. The maximum absolute atomic E-state index is 12.8. The van der Waals surface area contributed by atoms with Gasteiger partial charge in [0.2, 0.25) is 11.8 Å². The van der Waals surface area contributed by atoms with Crippen LogP contribution in [0.1, 0.15) is 11.5 Å². The number of fused-ring (bicyclic) bond motifs is 1. The number of carbonyl (C=O) groups is 1. The van der Waals surface area contributed by atoms with Crippen molar-refractivity contribution < 1.29 is 13.9 Å². The van der Waals surface area contributed by atoms with Crippen molar-refractivity contribution in [3.8, 4) is 16.5 Å².